The quantitative estimate of drug-likeness (QED) is 0.554. The van der Waals surface area contributed by atoms with Crippen molar-refractivity contribution in [3.8, 4) is 0 Å². The van der Waals surface area contributed by atoms with Crippen molar-refractivity contribution in [3.05, 3.63) is 0 Å². The summed E-state index contributed by atoms with van der Waals surface area (Å²) in [6.07, 6.45) is 0.452. The van der Waals surface area contributed by atoms with Crippen molar-refractivity contribution >= 4 is 11.9 Å². The second-order valence-corrected chi connectivity index (χ2v) is 4.59. The van der Waals surface area contributed by atoms with Crippen LogP contribution in [0.3, 0.4) is 0 Å². The fourth-order valence-electron chi connectivity index (χ4n) is 1.87. The van der Waals surface area contributed by atoms with Crippen molar-refractivity contribution in [3.63, 3.8) is 0 Å². The molecule has 1 fully saturated rings. The van der Waals surface area contributed by atoms with E-state index in [0.717, 1.165) is 19.4 Å². The van der Waals surface area contributed by atoms with E-state index in [9.17, 15) is 14.7 Å². The molecule has 1 aliphatic heterocycles. The molecule has 6 nitrogen and oxygen atoms in total. The summed E-state index contributed by atoms with van der Waals surface area (Å²) >= 11 is 0. The van der Waals surface area contributed by atoms with Gasteiger partial charge in [0, 0.05) is 6.54 Å². The van der Waals surface area contributed by atoms with Crippen molar-refractivity contribution in [1.82, 2.24) is 10.6 Å². The number of methoxy groups -OCH3 is 1. The van der Waals surface area contributed by atoms with Crippen molar-refractivity contribution < 1.29 is 19.4 Å². The van der Waals surface area contributed by atoms with E-state index in [0.29, 0.717) is 6.54 Å². The van der Waals surface area contributed by atoms with Gasteiger partial charge in [0.05, 0.1) is 19.1 Å². The summed E-state index contributed by atoms with van der Waals surface area (Å²) in [6, 6.07) is 0. The van der Waals surface area contributed by atoms with Gasteiger partial charge in [-0.25, -0.2) is 4.79 Å². The molecule has 6 heteroatoms. The van der Waals surface area contributed by atoms with Gasteiger partial charge in [-0.3, -0.25) is 4.79 Å². The van der Waals surface area contributed by atoms with Crippen LogP contribution in [0, 0.1) is 5.41 Å². The molecule has 17 heavy (non-hydrogen) atoms. The van der Waals surface area contributed by atoms with Crippen LogP contribution in [0.15, 0.2) is 0 Å². The molecule has 1 rings (SSSR count). The van der Waals surface area contributed by atoms with E-state index in [1.54, 1.807) is 0 Å². The smallest absolute Gasteiger partial charge is 0.336 e. The summed E-state index contributed by atoms with van der Waals surface area (Å²) in [5.41, 5.74) is -0.464. The molecule has 0 radical (unpaired) electrons. The fraction of sp³-hybridized carbons (Fsp3) is 0.818. The first kappa shape index (κ1) is 13.9. The van der Waals surface area contributed by atoms with Crippen LogP contribution >= 0.6 is 0 Å². The highest BCUT2D eigenvalue weighted by Gasteiger charge is 2.34. The molecular weight excluding hydrogens is 224 g/mol. The van der Waals surface area contributed by atoms with E-state index >= 15 is 0 Å². The van der Waals surface area contributed by atoms with Gasteiger partial charge in [0.15, 0.2) is 6.10 Å². The van der Waals surface area contributed by atoms with Crippen molar-refractivity contribution in [2.24, 2.45) is 5.41 Å². The molecule has 0 bridgehead atoms. The van der Waals surface area contributed by atoms with Crippen LogP contribution in [0.5, 0.6) is 0 Å². The molecule has 0 aromatic carbocycles. The first-order valence-corrected chi connectivity index (χ1v) is 5.74. The molecule has 0 aliphatic carbocycles. The molecule has 0 aromatic heterocycles. The number of hydrogen-bond donors (Lipinski definition) is 3. The number of carbonyl (C=O) groups is 2. The van der Waals surface area contributed by atoms with E-state index in [4.69, 9.17) is 0 Å². The molecule has 1 aliphatic rings. The third-order valence-electron chi connectivity index (χ3n) is 3.07. The molecule has 2 unspecified atom stereocenters. The lowest BCUT2D eigenvalue weighted by Crippen LogP contribution is -2.50. The van der Waals surface area contributed by atoms with E-state index in [2.05, 4.69) is 15.4 Å². The Labute approximate surface area is 101 Å². The van der Waals surface area contributed by atoms with Crippen molar-refractivity contribution in [2.75, 3.05) is 26.7 Å². The summed E-state index contributed by atoms with van der Waals surface area (Å²) in [7, 11) is 1.19. The normalized spacial score (nSPS) is 26.1. The highest BCUT2D eigenvalue weighted by atomic mass is 16.5. The number of hydrogen-bond acceptors (Lipinski definition) is 5. The topological polar surface area (TPSA) is 87.7 Å². The minimum atomic E-state index is -1.30. The maximum absolute atomic E-state index is 11.9. The monoisotopic (exact) mass is 244 g/mol. The van der Waals surface area contributed by atoms with Crippen LogP contribution in [-0.4, -0.2) is 49.8 Å². The molecule has 0 saturated carbocycles. The number of nitrogens with one attached hydrogen (secondary N) is 2. The Morgan fingerprint density at radius 2 is 2.29 bits per heavy atom. The van der Waals surface area contributed by atoms with E-state index in [-0.39, 0.29) is 12.5 Å². The highest BCUT2D eigenvalue weighted by Crippen LogP contribution is 2.25. The Morgan fingerprint density at radius 3 is 2.82 bits per heavy atom. The van der Waals surface area contributed by atoms with Gasteiger partial charge in [-0.15, -0.1) is 0 Å². The van der Waals surface area contributed by atoms with Gasteiger partial charge in [-0.2, -0.15) is 0 Å². The summed E-state index contributed by atoms with van der Waals surface area (Å²) in [5, 5.41) is 15.1. The lowest BCUT2D eigenvalue weighted by Gasteiger charge is -2.32. The van der Waals surface area contributed by atoms with Crippen molar-refractivity contribution in [2.45, 2.75) is 25.9 Å². The van der Waals surface area contributed by atoms with Crippen LogP contribution in [0.4, 0.5) is 0 Å². The second kappa shape index (κ2) is 5.97. The van der Waals surface area contributed by atoms with Gasteiger partial charge in [0.25, 0.3) is 0 Å². The van der Waals surface area contributed by atoms with Crippen LogP contribution in [0.2, 0.25) is 0 Å². The van der Waals surface area contributed by atoms with Crippen LogP contribution in [0.25, 0.3) is 0 Å². The predicted octanol–water partition coefficient (Wildman–Crippen LogP) is -0.974. The number of aliphatic hydroxyl groups excluding tert-OH is 1. The Morgan fingerprint density at radius 1 is 1.59 bits per heavy atom. The largest absolute Gasteiger partial charge is 0.467 e. The molecule has 0 aromatic rings. The number of rotatable bonds is 4. The summed E-state index contributed by atoms with van der Waals surface area (Å²) in [4.78, 5) is 22.9. The average Bonchev–Trinajstić information content (AvgIpc) is 2.35. The van der Waals surface area contributed by atoms with Gasteiger partial charge in [-0.05, 0) is 26.3 Å². The number of carbonyl (C=O) groups excluding carboxylic acids is 2. The zero-order valence-electron chi connectivity index (χ0n) is 10.3. The molecule has 2 atom stereocenters. The predicted molar refractivity (Wildman–Crippen MR) is 61.2 cm³/mol. The van der Waals surface area contributed by atoms with E-state index in [1.807, 2.05) is 6.92 Å². The Bertz CT molecular complexity index is 287. The Balaban J connectivity index is 2.41. The summed E-state index contributed by atoms with van der Waals surface area (Å²) in [5.74, 6) is -0.884. The SMILES string of the molecule is COC(=O)C(O)CNC(=O)C1(C)CCCNC1. The molecule has 1 amide bonds. The highest BCUT2D eigenvalue weighted by molar-refractivity contribution is 5.83. The lowest BCUT2D eigenvalue weighted by molar-refractivity contribution is -0.150. The third-order valence-corrected chi connectivity index (χ3v) is 3.07. The van der Waals surface area contributed by atoms with Crippen LogP contribution < -0.4 is 10.6 Å². The van der Waals surface area contributed by atoms with E-state index in [1.165, 1.54) is 7.11 Å². The minimum Gasteiger partial charge on any atom is -0.467 e. The lowest BCUT2D eigenvalue weighted by atomic mass is 9.82. The number of amides is 1. The average molecular weight is 244 g/mol. The first-order valence-electron chi connectivity index (χ1n) is 5.74. The molecule has 98 valence electrons. The molecule has 3 N–H and O–H groups in total. The summed E-state index contributed by atoms with van der Waals surface area (Å²) < 4.78 is 4.36. The van der Waals surface area contributed by atoms with Crippen molar-refractivity contribution in [1.29, 1.82) is 0 Å². The number of esters is 1. The van der Waals surface area contributed by atoms with Crippen LogP contribution in [0.1, 0.15) is 19.8 Å². The zero-order valence-corrected chi connectivity index (χ0v) is 10.3. The maximum Gasteiger partial charge on any atom is 0.336 e. The molecular formula is C11H20N2O4. The first-order chi connectivity index (χ1) is 7.99. The number of ether oxygens (including phenoxy) is 1. The number of aliphatic hydroxyl groups is 1. The van der Waals surface area contributed by atoms with Gasteiger partial charge in [-0.1, -0.05) is 0 Å². The van der Waals surface area contributed by atoms with Gasteiger partial charge >= 0.3 is 5.97 Å². The number of piperidine rings is 1. The summed E-state index contributed by atoms with van der Waals surface area (Å²) in [6.45, 7) is 3.31. The zero-order chi connectivity index (χ0) is 12.9. The standard InChI is InChI=1S/C11H20N2O4/c1-11(4-3-5-12-7-11)10(16)13-6-8(14)9(15)17-2/h8,12,14H,3-7H2,1-2H3,(H,13,16). The van der Waals surface area contributed by atoms with Crippen LogP contribution in [-0.2, 0) is 14.3 Å². The third kappa shape index (κ3) is 3.67. The Hall–Kier alpha value is -1.14. The fourth-order valence-corrected chi connectivity index (χ4v) is 1.87. The molecule has 1 heterocycles. The van der Waals surface area contributed by atoms with E-state index < -0.39 is 17.5 Å². The maximum atomic E-state index is 11.9. The minimum absolute atomic E-state index is 0.110. The van der Waals surface area contributed by atoms with Gasteiger partial charge < -0.3 is 20.5 Å². The second-order valence-electron chi connectivity index (χ2n) is 4.59. The molecule has 0 spiro atoms. The molecule has 1 saturated heterocycles. The van der Waals surface area contributed by atoms with Gasteiger partial charge in [0.2, 0.25) is 5.91 Å². The van der Waals surface area contributed by atoms with Gasteiger partial charge in [0.1, 0.15) is 0 Å². The Kier molecular flexibility index (Phi) is 4.89.